The number of carbonyl (C=O) groups excluding carboxylic acids is 1. The molecule has 0 radical (unpaired) electrons. The van der Waals surface area contributed by atoms with Crippen molar-refractivity contribution in [3.8, 4) is 16.9 Å². The Morgan fingerprint density at radius 2 is 2.12 bits per heavy atom. The number of phenolic OH excluding ortho intramolecular Hbond substituents is 1. The van der Waals surface area contributed by atoms with Gasteiger partial charge in [-0.05, 0) is 36.8 Å². The van der Waals surface area contributed by atoms with Crippen molar-refractivity contribution in [3.05, 3.63) is 53.1 Å². The maximum absolute atomic E-state index is 11.4. The first-order valence-corrected chi connectivity index (χ1v) is 7.99. The molecule has 128 valence electrons. The van der Waals surface area contributed by atoms with Gasteiger partial charge in [0.05, 0.1) is 11.6 Å². The van der Waals surface area contributed by atoms with Gasteiger partial charge in [0.15, 0.2) is 0 Å². The Kier molecular flexibility index (Phi) is 4.72. The second-order valence-electron chi connectivity index (χ2n) is 5.63. The van der Waals surface area contributed by atoms with Crippen LogP contribution in [0.2, 0.25) is 5.02 Å². The van der Waals surface area contributed by atoms with Gasteiger partial charge in [-0.3, -0.25) is 0 Å². The minimum Gasteiger partial charge on any atom is -0.507 e. The van der Waals surface area contributed by atoms with Crippen molar-refractivity contribution in [1.82, 2.24) is 15.4 Å². The zero-order valence-corrected chi connectivity index (χ0v) is 14.3. The van der Waals surface area contributed by atoms with Crippen molar-refractivity contribution in [3.63, 3.8) is 0 Å². The lowest BCUT2D eigenvalue weighted by molar-refractivity contribution is -0.138. The molecule has 0 saturated heterocycles. The molecule has 0 bridgehead atoms. The van der Waals surface area contributed by atoms with E-state index in [0.29, 0.717) is 39.2 Å². The van der Waals surface area contributed by atoms with E-state index >= 15 is 0 Å². The zero-order valence-electron chi connectivity index (χ0n) is 13.5. The van der Waals surface area contributed by atoms with Crippen molar-refractivity contribution in [2.24, 2.45) is 0 Å². The number of H-pyrrole nitrogens is 1. The van der Waals surface area contributed by atoms with E-state index in [1.165, 1.54) is 0 Å². The lowest BCUT2D eigenvalue weighted by Gasteiger charge is -2.10. The fraction of sp³-hybridized carbons (Fsp3) is 0.167. The molecule has 0 aliphatic heterocycles. The minimum absolute atomic E-state index is 0.0834. The smallest absolute Gasteiger partial charge is 0.333 e. The summed E-state index contributed by atoms with van der Waals surface area (Å²) in [6.45, 7) is 5.36. The van der Waals surface area contributed by atoms with Gasteiger partial charge in [-0.25, -0.2) is 4.79 Å². The Morgan fingerprint density at radius 1 is 1.32 bits per heavy atom. The van der Waals surface area contributed by atoms with Crippen LogP contribution in [0.3, 0.4) is 0 Å². The summed E-state index contributed by atoms with van der Waals surface area (Å²) in [6.07, 6.45) is 0.499. The van der Waals surface area contributed by atoms with Crippen LogP contribution in [0, 0.1) is 0 Å². The fourth-order valence-electron chi connectivity index (χ4n) is 2.47. The molecule has 2 aromatic carbocycles. The van der Waals surface area contributed by atoms with E-state index in [2.05, 4.69) is 22.0 Å². The van der Waals surface area contributed by atoms with E-state index < -0.39 is 5.97 Å². The third-order valence-corrected chi connectivity index (χ3v) is 4.06. The predicted octanol–water partition coefficient (Wildman–Crippen LogP) is 3.65. The van der Waals surface area contributed by atoms with E-state index in [-0.39, 0.29) is 12.4 Å². The second-order valence-corrected chi connectivity index (χ2v) is 6.04. The van der Waals surface area contributed by atoms with E-state index in [1.54, 1.807) is 37.3 Å². The van der Waals surface area contributed by atoms with Crippen LogP contribution in [-0.2, 0) is 16.0 Å². The zero-order chi connectivity index (χ0) is 18.0. The first-order chi connectivity index (χ1) is 12.0. The number of hydrogen-bond acceptors (Lipinski definition) is 5. The Hall–Kier alpha value is -2.86. The molecule has 25 heavy (non-hydrogen) atoms. The number of rotatable bonds is 5. The van der Waals surface area contributed by atoms with Crippen molar-refractivity contribution in [2.75, 3.05) is 6.61 Å². The molecule has 1 heterocycles. The van der Waals surface area contributed by atoms with E-state index in [1.807, 2.05) is 0 Å². The van der Waals surface area contributed by atoms with Crippen molar-refractivity contribution in [1.29, 1.82) is 0 Å². The molecule has 2 N–H and O–H groups in total. The number of halogens is 1. The lowest BCUT2D eigenvalue weighted by Crippen LogP contribution is -2.08. The Balaban J connectivity index is 1.92. The number of aromatic hydroxyl groups is 1. The molecular weight excluding hydrogens is 342 g/mol. The van der Waals surface area contributed by atoms with Crippen LogP contribution < -0.4 is 0 Å². The molecule has 0 atom stereocenters. The summed E-state index contributed by atoms with van der Waals surface area (Å²) in [5.41, 5.74) is 3.63. The molecule has 0 aliphatic rings. The number of esters is 1. The van der Waals surface area contributed by atoms with Gasteiger partial charge in [-0.1, -0.05) is 24.2 Å². The lowest BCUT2D eigenvalue weighted by atomic mass is 9.99. The molecule has 3 aromatic rings. The monoisotopic (exact) mass is 357 g/mol. The summed E-state index contributed by atoms with van der Waals surface area (Å²) in [5.74, 6) is -0.338. The Bertz CT molecular complexity index is 965. The highest BCUT2D eigenvalue weighted by Crippen LogP contribution is 2.38. The molecule has 7 heteroatoms. The molecule has 0 fully saturated rings. The summed E-state index contributed by atoms with van der Waals surface area (Å²) in [7, 11) is 0. The van der Waals surface area contributed by atoms with Crippen LogP contribution in [0.25, 0.3) is 22.2 Å². The topological polar surface area (TPSA) is 88.1 Å². The van der Waals surface area contributed by atoms with Gasteiger partial charge >= 0.3 is 5.97 Å². The number of ether oxygens (including phenoxy) is 1. The average molecular weight is 358 g/mol. The molecular formula is C18H16ClN3O3. The Labute approximate surface area is 149 Å². The van der Waals surface area contributed by atoms with Crippen molar-refractivity contribution < 1.29 is 14.6 Å². The van der Waals surface area contributed by atoms with Gasteiger partial charge in [-0.2, -0.15) is 15.4 Å². The van der Waals surface area contributed by atoms with Crippen LogP contribution in [0.1, 0.15) is 12.5 Å². The predicted molar refractivity (Wildman–Crippen MR) is 95.5 cm³/mol. The number of aromatic amines is 1. The molecule has 0 spiro atoms. The van der Waals surface area contributed by atoms with Crippen LogP contribution in [-0.4, -0.2) is 33.1 Å². The average Bonchev–Trinajstić information content (AvgIpc) is 3.05. The highest BCUT2D eigenvalue weighted by molar-refractivity contribution is 6.35. The van der Waals surface area contributed by atoms with Gasteiger partial charge in [0.25, 0.3) is 0 Å². The maximum atomic E-state index is 11.4. The molecule has 0 saturated carbocycles. The van der Waals surface area contributed by atoms with Crippen molar-refractivity contribution >= 4 is 28.6 Å². The second kappa shape index (κ2) is 6.94. The fourth-order valence-corrected chi connectivity index (χ4v) is 2.72. The molecule has 0 unspecified atom stereocenters. The SMILES string of the molecule is C=C(C)C(=O)OCCc1ccc(O)c(-c2c(Cl)ccc3n[nH]nc23)c1. The summed E-state index contributed by atoms with van der Waals surface area (Å²) in [6, 6.07) is 8.62. The van der Waals surface area contributed by atoms with Gasteiger partial charge in [0.2, 0.25) is 0 Å². The highest BCUT2D eigenvalue weighted by Gasteiger charge is 2.16. The Morgan fingerprint density at radius 3 is 2.88 bits per heavy atom. The van der Waals surface area contributed by atoms with E-state index in [0.717, 1.165) is 5.56 Å². The quantitative estimate of drug-likeness (QED) is 0.537. The first kappa shape index (κ1) is 17.0. The molecule has 0 aliphatic carbocycles. The van der Waals surface area contributed by atoms with Gasteiger partial charge < -0.3 is 9.84 Å². The number of benzene rings is 2. The number of hydrogen-bond donors (Lipinski definition) is 2. The summed E-state index contributed by atoms with van der Waals surface area (Å²) in [5, 5.41) is 21.5. The van der Waals surface area contributed by atoms with Crippen LogP contribution >= 0.6 is 11.6 Å². The van der Waals surface area contributed by atoms with Crippen molar-refractivity contribution in [2.45, 2.75) is 13.3 Å². The van der Waals surface area contributed by atoms with Crippen LogP contribution in [0.15, 0.2) is 42.5 Å². The van der Waals surface area contributed by atoms with Gasteiger partial charge in [0, 0.05) is 23.1 Å². The summed E-state index contributed by atoms with van der Waals surface area (Å²) >= 11 is 6.33. The minimum atomic E-state index is -0.422. The van der Waals surface area contributed by atoms with Gasteiger partial charge in [-0.15, -0.1) is 0 Å². The van der Waals surface area contributed by atoms with Gasteiger partial charge in [0.1, 0.15) is 16.8 Å². The molecule has 0 amide bonds. The summed E-state index contributed by atoms with van der Waals surface area (Å²) in [4.78, 5) is 11.4. The normalized spacial score (nSPS) is 10.8. The summed E-state index contributed by atoms with van der Waals surface area (Å²) < 4.78 is 5.11. The third-order valence-electron chi connectivity index (χ3n) is 3.74. The van der Waals surface area contributed by atoms with E-state index in [9.17, 15) is 9.90 Å². The number of aromatic nitrogens is 3. The number of phenols is 1. The molecule has 3 rings (SSSR count). The number of fused-ring (bicyclic) bond motifs is 1. The largest absolute Gasteiger partial charge is 0.507 e. The van der Waals surface area contributed by atoms with Crippen LogP contribution in [0.4, 0.5) is 0 Å². The number of nitrogens with one attached hydrogen (secondary N) is 1. The standard InChI is InChI=1S/C18H16ClN3O3/c1-10(2)18(24)25-8-7-11-3-6-15(23)12(9-11)16-13(19)4-5-14-17(16)21-22-20-14/h3-6,9,23H,1,7-8H2,2H3,(H,20,21,22). The highest BCUT2D eigenvalue weighted by atomic mass is 35.5. The third kappa shape index (κ3) is 3.49. The maximum Gasteiger partial charge on any atom is 0.333 e. The number of carbonyl (C=O) groups is 1. The number of nitrogens with zero attached hydrogens (tertiary/aromatic N) is 2. The first-order valence-electron chi connectivity index (χ1n) is 7.61. The molecule has 1 aromatic heterocycles. The van der Waals surface area contributed by atoms with Crippen LogP contribution in [0.5, 0.6) is 5.75 Å². The molecule has 6 nitrogen and oxygen atoms in total. The van der Waals surface area contributed by atoms with E-state index in [4.69, 9.17) is 16.3 Å².